The van der Waals surface area contributed by atoms with Crippen molar-refractivity contribution in [2.45, 2.75) is 57.3 Å². The number of nitrogens with zero attached hydrogens (tertiary/aromatic N) is 1. The number of ether oxygens (including phenoxy) is 2. The maximum Gasteiger partial charge on any atom is 0.221 e. The Kier molecular flexibility index (Phi) is 10.6. The average Bonchev–Trinajstić information content (AvgIpc) is 3.35. The van der Waals surface area contributed by atoms with Crippen LogP contribution in [0.2, 0.25) is 0 Å². The van der Waals surface area contributed by atoms with E-state index in [1.165, 1.54) is 29.1 Å². The second-order valence-electron chi connectivity index (χ2n) is 10.8. The highest BCUT2D eigenvalue weighted by atomic mass is 127. The van der Waals surface area contributed by atoms with E-state index in [4.69, 9.17) is 9.47 Å². The Morgan fingerprint density at radius 3 is 2.20 bits per heavy atom. The van der Waals surface area contributed by atoms with Crippen molar-refractivity contribution in [2.75, 3.05) is 33.1 Å². The van der Waals surface area contributed by atoms with E-state index in [9.17, 15) is 4.79 Å². The molecule has 218 valence electrons. The van der Waals surface area contributed by atoms with Gasteiger partial charge in [0.1, 0.15) is 5.60 Å². The van der Waals surface area contributed by atoms with E-state index < -0.39 is 0 Å². The van der Waals surface area contributed by atoms with Gasteiger partial charge in [-0.1, -0.05) is 60.7 Å². The monoisotopic (exact) mass is 667 g/mol. The van der Waals surface area contributed by atoms with Gasteiger partial charge in [0.15, 0.2) is 0 Å². The number of anilines is 1. The fourth-order valence-corrected chi connectivity index (χ4v) is 6.71. The molecule has 1 amide bonds. The smallest absolute Gasteiger partial charge is 0.221 e. The number of aromatic nitrogens is 1. The zero-order valence-electron chi connectivity index (χ0n) is 24.8. The second-order valence-corrected chi connectivity index (χ2v) is 12.0. The average molecular weight is 668 g/mol. The van der Waals surface area contributed by atoms with Gasteiger partial charge in [-0.05, 0) is 93.1 Å². The molecule has 6 nitrogen and oxygen atoms in total. The minimum atomic E-state index is -0.310. The summed E-state index contributed by atoms with van der Waals surface area (Å²) in [6.45, 7) is 4.89. The Morgan fingerprint density at radius 2 is 1.59 bits per heavy atom. The maximum absolute atomic E-state index is 10.7. The fourth-order valence-electron chi connectivity index (χ4n) is 6.19. The number of methoxy groups -OCH3 is 1. The van der Waals surface area contributed by atoms with E-state index in [2.05, 4.69) is 113 Å². The third-order valence-electron chi connectivity index (χ3n) is 8.22. The van der Waals surface area contributed by atoms with Crippen LogP contribution >= 0.6 is 22.6 Å². The third kappa shape index (κ3) is 6.85. The molecule has 0 aliphatic heterocycles. The van der Waals surface area contributed by atoms with Crippen LogP contribution in [0, 0.1) is 3.57 Å². The van der Waals surface area contributed by atoms with Crippen molar-refractivity contribution in [1.29, 1.82) is 0 Å². The molecule has 0 unspecified atom stereocenters. The molecule has 1 fully saturated rings. The van der Waals surface area contributed by atoms with Gasteiger partial charge in [-0.25, -0.2) is 0 Å². The van der Waals surface area contributed by atoms with Gasteiger partial charge in [0.2, 0.25) is 5.91 Å². The molecule has 1 saturated carbocycles. The molecule has 2 N–H and O–H groups in total. The number of halogens is 1. The number of rotatable bonds is 8. The predicted octanol–water partition coefficient (Wildman–Crippen LogP) is 7.83. The van der Waals surface area contributed by atoms with Crippen molar-refractivity contribution in [3.63, 3.8) is 0 Å². The van der Waals surface area contributed by atoms with Gasteiger partial charge < -0.3 is 19.8 Å². The molecule has 0 bridgehead atoms. The van der Waals surface area contributed by atoms with Gasteiger partial charge in [-0.3, -0.25) is 9.69 Å². The SMILES string of the molecule is CC(=O)Nc1ccccc1I.CCOC1(c2[nH]c3ccccc3c2COC)CCC(c2ccccc2)(N(C)C)CC1. The molecule has 41 heavy (non-hydrogen) atoms. The van der Waals surface area contributed by atoms with Crippen LogP contribution in [-0.4, -0.2) is 43.6 Å². The minimum Gasteiger partial charge on any atom is -0.380 e. The first-order valence-electron chi connectivity index (χ1n) is 14.2. The van der Waals surface area contributed by atoms with Gasteiger partial charge in [-0.15, -0.1) is 0 Å². The number of H-pyrrole nitrogens is 1. The number of benzene rings is 3. The van der Waals surface area contributed by atoms with Gasteiger partial charge in [-0.2, -0.15) is 0 Å². The first kappa shape index (κ1) is 31.2. The number of aromatic amines is 1. The number of amides is 1. The van der Waals surface area contributed by atoms with Crippen LogP contribution in [0.5, 0.6) is 0 Å². The third-order valence-corrected chi connectivity index (χ3v) is 9.16. The quantitative estimate of drug-likeness (QED) is 0.188. The molecule has 1 aliphatic carbocycles. The molecule has 5 rings (SSSR count). The van der Waals surface area contributed by atoms with E-state index >= 15 is 0 Å². The van der Waals surface area contributed by atoms with Crippen molar-refractivity contribution >= 4 is 45.1 Å². The molecule has 1 aromatic heterocycles. The summed E-state index contributed by atoms with van der Waals surface area (Å²) in [5.74, 6) is -0.0332. The number of carbonyl (C=O) groups is 1. The molecular weight excluding hydrogens is 625 g/mol. The molecule has 0 atom stereocenters. The summed E-state index contributed by atoms with van der Waals surface area (Å²) in [4.78, 5) is 16.8. The highest BCUT2D eigenvalue weighted by molar-refractivity contribution is 14.1. The lowest BCUT2D eigenvalue weighted by Gasteiger charge is -2.50. The largest absolute Gasteiger partial charge is 0.380 e. The standard InChI is InChI=1S/C26H34N2O2.C8H8INO/c1-5-30-26(24-22(19-29-4)21-13-9-10-14-23(21)27-24)17-15-25(16-18-26,28(2)3)20-11-7-6-8-12-20;1-6(11)10-8-5-3-2-4-7(8)9/h6-14,27H,5,15-19H2,1-4H3;2-5H,1H3,(H,10,11). The lowest BCUT2D eigenvalue weighted by molar-refractivity contribution is -0.114. The second kappa shape index (κ2) is 14.0. The van der Waals surface area contributed by atoms with Gasteiger partial charge in [0.05, 0.1) is 18.0 Å². The van der Waals surface area contributed by atoms with Crippen LogP contribution in [0.4, 0.5) is 5.69 Å². The summed E-state index contributed by atoms with van der Waals surface area (Å²) < 4.78 is 13.2. The molecule has 0 spiro atoms. The highest BCUT2D eigenvalue weighted by Crippen LogP contribution is 2.51. The van der Waals surface area contributed by atoms with Crippen LogP contribution in [0.25, 0.3) is 10.9 Å². The number of hydrogen-bond donors (Lipinski definition) is 2. The fraction of sp³-hybridized carbons (Fsp3) is 0.382. The first-order chi connectivity index (χ1) is 19.8. The number of nitrogens with one attached hydrogen (secondary N) is 2. The Hall–Kier alpha value is -2.72. The minimum absolute atomic E-state index is 0.0332. The van der Waals surface area contributed by atoms with E-state index in [-0.39, 0.29) is 17.0 Å². The molecule has 1 aliphatic rings. The van der Waals surface area contributed by atoms with Crippen LogP contribution in [-0.2, 0) is 32.0 Å². The molecular formula is C34H42IN3O3. The molecule has 1 heterocycles. The molecule has 0 saturated heterocycles. The van der Waals surface area contributed by atoms with Gasteiger partial charge in [0.25, 0.3) is 0 Å². The summed E-state index contributed by atoms with van der Waals surface area (Å²) in [5.41, 5.74) is 5.60. The summed E-state index contributed by atoms with van der Waals surface area (Å²) in [6, 6.07) is 27.1. The molecule has 7 heteroatoms. The summed E-state index contributed by atoms with van der Waals surface area (Å²) >= 11 is 2.18. The van der Waals surface area contributed by atoms with E-state index in [1.807, 2.05) is 24.3 Å². The van der Waals surface area contributed by atoms with Gasteiger partial charge in [0, 0.05) is 46.2 Å². The lowest BCUT2D eigenvalue weighted by atomic mass is 9.68. The number of para-hydroxylation sites is 2. The summed E-state index contributed by atoms with van der Waals surface area (Å²) in [5, 5.41) is 3.96. The molecule has 0 radical (unpaired) electrons. The summed E-state index contributed by atoms with van der Waals surface area (Å²) in [6.07, 6.45) is 4.03. The van der Waals surface area contributed by atoms with Crippen molar-refractivity contribution < 1.29 is 14.3 Å². The van der Waals surface area contributed by atoms with E-state index in [1.54, 1.807) is 7.11 Å². The predicted molar refractivity (Wildman–Crippen MR) is 176 cm³/mol. The Balaban J connectivity index is 0.000000296. The maximum atomic E-state index is 10.7. The van der Waals surface area contributed by atoms with Crippen molar-refractivity contribution in [3.8, 4) is 0 Å². The zero-order chi connectivity index (χ0) is 29.5. The number of hydrogen-bond acceptors (Lipinski definition) is 4. The summed E-state index contributed by atoms with van der Waals surface area (Å²) in [7, 11) is 6.19. The normalized spacial score (nSPS) is 20.5. The first-order valence-corrected chi connectivity index (χ1v) is 15.3. The zero-order valence-corrected chi connectivity index (χ0v) is 27.0. The van der Waals surface area contributed by atoms with E-state index in [0.29, 0.717) is 13.2 Å². The van der Waals surface area contributed by atoms with Crippen LogP contribution in [0.1, 0.15) is 56.4 Å². The Labute approximate surface area is 258 Å². The number of carbonyl (C=O) groups excluding carboxylic acids is 1. The van der Waals surface area contributed by atoms with Gasteiger partial charge >= 0.3 is 0 Å². The number of fused-ring (bicyclic) bond motifs is 1. The Bertz CT molecular complexity index is 1430. The van der Waals surface area contributed by atoms with Crippen LogP contribution in [0.15, 0.2) is 78.9 Å². The van der Waals surface area contributed by atoms with Crippen molar-refractivity contribution in [3.05, 3.63) is 99.3 Å². The van der Waals surface area contributed by atoms with Crippen LogP contribution in [0.3, 0.4) is 0 Å². The highest BCUT2D eigenvalue weighted by Gasteiger charge is 2.48. The van der Waals surface area contributed by atoms with Crippen molar-refractivity contribution in [1.82, 2.24) is 9.88 Å². The molecule has 3 aromatic carbocycles. The van der Waals surface area contributed by atoms with E-state index in [0.717, 1.165) is 40.5 Å². The Morgan fingerprint density at radius 1 is 0.951 bits per heavy atom. The topological polar surface area (TPSA) is 66.6 Å². The van der Waals surface area contributed by atoms with Crippen molar-refractivity contribution in [2.24, 2.45) is 0 Å². The molecule has 4 aromatic rings. The van der Waals surface area contributed by atoms with Crippen LogP contribution < -0.4 is 5.32 Å². The lowest BCUT2D eigenvalue weighted by Crippen LogP contribution is -2.49.